The third-order valence-corrected chi connectivity index (χ3v) is 4.21. The SMILES string of the molecule is COc1ccc(C(O)CNC(C)C(C)c2ccccc2)cc1. The van der Waals surface area contributed by atoms with Gasteiger partial charge in [0.05, 0.1) is 13.2 Å². The van der Waals surface area contributed by atoms with Gasteiger partial charge in [-0.25, -0.2) is 0 Å². The Morgan fingerprint density at radius 2 is 1.59 bits per heavy atom. The first-order valence-electron chi connectivity index (χ1n) is 7.72. The van der Waals surface area contributed by atoms with E-state index >= 15 is 0 Å². The van der Waals surface area contributed by atoms with Crippen molar-refractivity contribution in [3.8, 4) is 5.75 Å². The number of nitrogens with one attached hydrogen (secondary N) is 1. The van der Waals surface area contributed by atoms with Crippen LogP contribution in [0.25, 0.3) is 0 Å². The molecule has 0 heterocycles. The van der Waals surface area contributed by atoms with Crippen molar-refractivity contribution >= 4 is 0 Å². The van der Waals surface area contributed by atoms with E-state index in [0.29, 0.717) is 12.5 Å². The number of methoxy groups -OCH3 is 1. The summed E-state index contributed by atoms with van der Waals surface area (Å²) >= 11 is 0. The minimum absolute atomic E-state index is 0.287. The summed E-state index contributed by atoms with van der Waals surface area (Å²) in [5.41, 5.74) is 2.20. The van der Waals surface area contributed by atoms with E-state index in [1.807, 2.05) is 30.3 Å². The van der Waals surface area contributed by atoms with Gasteiger partial charge in [0.1, 0.15) is 5.75 Å². The Morgan fingerprint density at radius 3 is 2.18 bits per heavy atom. The summed E-state index contributed by atoms with van der Waals surface area (Å²) in [7, 11) is 1.64. The molecule has 2 rings (SSSR count). The highest BCUT2D eigenvalue weighted by molar-refractivity contribution is 5.28. The van der Waals surface area contributed by atoms with Crippen molar-refractivity contribution in [2.75, 3.05) is 13.7 Å². The van der Waals surface area contributed by atoms with Crippen molar-refractivity contribution in [1.29, 1.82) is 0 Å². The molecule has 0 spiro atoms. The molecule has 0 radical (unpaired) electrons. The lowest BCUT2D eigenvalue weighted by Gasteiger charge is -2.23. The van der Waals surface area contributed by atoms with Gasteiger partial charge < -0.3 is 15.2 Å². The van der Waals surface area contributed by atoms with Crippen LogP contribution in [0.2, 0.25) is 0 Å². The molecule has 2 N–H and O–H groups in total. The third kappa shape index (κ3) is 4.33. The second-order valence-electron chi connectivity index (χ2n) is 5.69. The molecular formula is C19H25NO2. The maximum absolute atomic E-state index is 10.3. The van der Waals surface area contributed by atoms with E-state index in [-0.39, 0.29) is 6.04 Å². The quantitative estimate of drug-likeness (QED) is 0.822. The van der Waals surface area contributed by atoms with Crippen LogP contribution in [0.5, 0.6) is 5.75 Å². The molecule has 0 aliphatic carbocycles. The minimum Gasteiger partial charge on any atom is -0.497 e. The van der Waals surface area contributed by atoms with E-state index in [9.17, 15) is 5.11 Å². The molecule has 3 heteroatoms. The molecule has 3 atom stereocenters. The molecule has 0 fully saturated rings. The Kier molecular flexibility index (Phi) is 5.99. The number of hydrogen-bond acceptors (Lipinski definition) is 3. The van der Waals surface area contributed by atoms with E-state index in [2.05, 4.69) is 43.4 Å². The number of aliphatic hydroxyl groups is 1. The van der Waals surface area contributed by atoms with Gasteiger partial charge in [-0.05, 0) is 36.1 Å². The maximum atomic E-state index is 10.3. The van der Waals surface area contributed by atoms with E-state index in [1.165, 1.54) is 5.56 Å². The monoisotopic (exact) mass is 299 g/mol. The standard InChI is InChI=1S/C19H25NO2/c1-14(16-7-5-4-6-8-16)15(2)20-13-19(21)17-9-11-18(22-3)12-10-17/h4-12,14-15,19-21H,13H2,1-3H3. The minimum atomic E-state index is -0.517. The molecule has 3 nitrogen and oxygen atoms in total. The zero-order chi connectivity index (χ0) is 15.9. The van der Waals surface area contributed by atoms with Crippen molar-refractivity contribution in [2.24, 2.45) is 0 Å². The van der Waals surface area contributed by atoms with Crippen LogP contribution in [-0.2, 0) is 0 Å². The molecule has 0 aliphatic heterocycles. The zero-order valence-electron chi connectivity index (χ0n) is 13.5. The predicted molar refractivity (Wildman–Crippen MR) is 90.3 cm³/mol. The van der Waals surface area contributed by atoms with Crippen molar-refractivity contribution in [2.45, 2.75) is 31.9 Å². The first-order valence-corrected chi connectivity index (χ1v) is 7.72. The number of rotatable bonds is 7. The molecule has 2 aromatic rings. The molecule has 0 saturated heterocycles. The largest absolute Gasteiger partial charge is 0.497 e. The number of aliphatic hydroxyl groups excluding tert-OH is 1. The molecule has 0 bridgehead atoms. The summed E-state index contributed by atoms with van der Waals surface area (Å²) in [6.45, 7) is 4.88. The molecule has 0 aromatic heterocycles. The van der Waals surface area contributed by atoms with E-state index < -0.39 is 6.10 Å². The summed E-state index contributed by atoms with van der Waals surface area (Å²) < 4.78 is 5.13. The van der Waals surface area contributed by atoms with Crippen molar-refractivity contribution in [3.63, 3.8) is 0 Å². The Bertz CT molecular complexity index is 553. The first kappa shape index (κ1) is 16.5. The van der Waals surface area contributed by atoms with Crippen LogP contribution in [0.15, 0.2) is 54.6 Å². The van der Waals surface area contributed by atoms with Gasteiger partial charge in [0.25, 0.3) is 0 Å². The van der Waals surface area contributed by atoms with Gasteiger partial charge in [-0.3, -0.25) is 0 Å². The fraction of sp³-hybridized carbons (Fsp3) is 0.368. The normalized spacial score (nSPS) is 15.1. The topological polar surface area (TPSA) is 41.5 Å². The average Bonchev–Trinajstić information content (AvgIpc) is 2.59. The van der Waals surface area contributed by atoms with Gasteiger partial charge in [-0.2, -0.15) is 0 Å². The van der Waals surface area contributed by atoms with Gasteiger partial charge >= 0.3 is 0 Å². The van der Waals surface area contributed by atoms with Crippen LogP contribution in [-0.4, -0.2) is 24.8 Å². The number of hydrogen-bond donors (Lipinski definition) is 2. The lowest BCUT2D eigenvalue weighted by atomic mass is 9.94. The maximum Gasteiger partial charge on any atom is 0.118 e. The van der Waals surface area contributed by atoms with Crippen molar-refractivity contribution in [3.05, 3.63) is 65.7 Å². The number of benzene rings is 2. The smallest absolute Gasteiger partial charge is 0.118 e. The van der Waals surface area contributed by atoms with Crippen molar-refractivity contribution in [1.82, 2.24) is 5.32 Å². The highest BCUT2D eigenvalue weighted by atomic mass is 16.5. The molecule has 22 heavy (non-hydrogen) atoms. The third-order valence-electron chi connectivity index (χ3n) is 4.21. The summed E-state index contributed by atoms with van der Waals surface area (Å²) in [4.78, 5) is 0. The number of ether oxygens (including phenoxy) is 1. The van der Waals surface area contributed by atoms with Crippen LogP contribution >= 0.6 is 0 Å². The van der Waals surface area contributed by atoms with Crippen LogP contribution in [0.3, 0.4) is 0 Å². The summed E-state index contributed by atoms with van der Waals surface area (Å²) in [6.07, 6.45) is -0.517. The van der Waals surface area contributed by atoms with E-state index in [1.54, 1.807) is 7.11 Å². The van der Waals surface area contributed by atoms with Gasteiger partial charge in [-0.1, -0.05) is 49.4 Å². The Morgan fingerprint density at radius 1 is 0.955 bits per heavy atom. The predicted octanol–water partition coefficient (Wildman–Crippen LogP) is 3.51. The lowest BCUT2D eigenvalue weighted by Crippen LogP contribution is -2.34. The van der Waals surface area contributed by atoms with E-state index in [0.717, 1.165) is 11.3 Å². The van der Waals surface area contributed by atoms with Crippen LogP contribution < -0.4 is 10.1 Å². The Hall–Kier alpha value is -1.84. The molecule has 118 valence electrons. The van der Waals surface area contributed by atoms with Gasteiger partial charge in [0.15, 0.2) is 0 Å². The van der Waals surface area contributed by atoms with Gasteiger partial charge in [-0.15, -0.1) is 0 Å². The molecule has 0 saturated carbocycles. The highest BCUT2D eigenvalue weighted by Crippen LogP contribution is 2.20. The Balaban J connectivity index is 1.88. The fourth-order valence-electron chi connectivity index (χ4n) is 2.46. The molecule has 0 aliphatic rings. The summed E-state index contributed by atoms with van der Waals surface area (Å²) in [5.74, 6) is 1.19. The molecule has 3 unspecified atom stereocenters. The molecule has 2 aromatic carbocycles. The van der Waals surface area contributed by atoms with Crippen LogP contribution in [0.1, 0.15) is 37.0 Å². The molecule has 0 amide bonds. The van der Waals surface area contributed by atoms with Crippen LogP contribution in [0, 0.1) is 0 Å². The zero-order valence-corrected chi connectivity index (χ0v) is 13.5. The second kappa shape index (κ2) is 7.97. The summed E-state index contributed by atoms with van der Waals surface area (Å²) in [5, 5.41) is 13.7. The fourth-order valence-corrected chi connectivity index (χ4v) is 2.46. The Labute approximate surface area is 133 Å². The second-order valence-corrected chi connectivity index (χ2v) is 5.69. The van der Waals surface area contributed by atoms with Gasteiger partial charge in [0.2, 0.25) is 0 Å². The lowest BCUT2D eigenvalue weighted by molar-refractivity contribution is 0.169. The van der Waals surface area contributed by atoms with Gasteiger partial charge in [0, 0.05) is 12.6 Å². The average molecular weight is 299 g/mol. The molecular weight excluding hydrogens is 274 g/mol. The van der Waals surface area contributed by atoms with E-state index in [4.69, 9.17) is 4.74 Å². The highest BCUT2D eigenvalue weighted by Gasteiger charge is 2.15. The first-order chi connectivity index (χ1) is 10.6. The summed E-state index contributed by atoms with van der Waals surface area (Å²) in [6, 6.07) is 18.3. The van der Waals surface area contributed by atoms with Crippen LogP contribution in [0.4, 0.5) is 0 Å². The van der Waals surface area contributed by atoms with Crippen molar-refractivity contribution < 1.29 is 9.84 Å².